The molecule has 1 N–H and O–H groups in total. The van der Waals surface area contributed by atoms with E-state index in [2.05, 4.69) is 5.32 Å². The highest BCUT2D eigenvalue weighted by atomic mass is 16.5. The second-order valence-electron chi connectivity index (χ2n) is 7.71. The maximum absolute atomic E-state index is 13.8. The molecule has 3 rings (SSSR count). The van der Waals surface area contributed by atoms with Crippen LogP contribution in [0.2, 0.25) is 0 Å². The van der Waals surface area contributed by atoms with Gasteiger partial charge in [0.25, 0.3) is 5.91 Å². The molecule has 1 spiro atoms. The molecule has 1 atom stereocenters. The number of methoxy groups -OCH3 is 2. The van der Waals surface area contributed by atoms with Crippen LogP contribution in [0.5, 0.6) is 11.5 Å². The maximum atomic E-state index is 13.8. The zero-order valence-corrected chi connectivity index (χ0v) is 17.1. The summed E-state index contributed by atoms with van der Waals surface area (Å²) >= 11 is 0. The summed E-state index contributed by atoms with van der Waals surface area (Å²) in [6, 6.07) is 4.52. The highest BCUT2D eigenvalue weighted by molar-refractivity contribution is 6.02. The number of rotatable bonds is 5. The average Bonchev–Trinajstić information content (AvgIpc) is 3.05. The second-order valence-corrected chi connectivity index (χ2v) is 7.71. The third-order valence-electron chi connectivity index (χ3n) is 5.49. The van der Waals surface area contributed by atoms with Gasteiger partial charge in [0.05, 0.1) is 20.8 Å². The van der Waals surface area contributed by atoms with Crippen LogP contribution in [0.25, 0.3) is 0 Å². The van der Waals surface area contributed by atoms with Crippen molar-refractivity contribution in [3.8, 4) is 11.5 Å². The van der Waals surface area contributed by atoms with E-state index in [0.717, 1.165) is 32.1 Å². The predicted octanol–water partition coefficient (Wildman–Crippen LogP) is 2.73. The van der Waals surface area contributed by atoms with Crippen LogP contribution in [0.4, 0.5) is 0 Å². The van der Waals surface area contributed by atoms with Gasteiger partial charge in [-0.3, -0.25) is 14.5 Å². The summed E-state index contributed by atoms with van der Waals surface area (Å²) in [5, 5.41) is 2.92. The Bertz CT molecular complexity index is 705. The first-order chi connectivity index (χ1) is 13.4. The Labute approximate surface area is 166 Å². The number of hydrogen-bond donors (Lipinski definition) is 1. The van der Waals surface area contributed by atoms with Crippen LogP contribution < -0.4 is 14.8 Å². The van der Waals surface area contributed by atoms with Crippen LogP contribution in [0.1, 0.15) is 56.3 Å². The van der Waals surface area contributed by atoms with Crippen molar-refractivity contribution in [2.45, 2.75) is 63.8 Å². The third-order valence-corrected chi connectivity index (χ3v) is 5.49. The number of amides is 2. The van der Waals surface area contributed by atoms with Gasteiger partial charge in [-0.15, -0.1) is 0 Å². The molecule has 1 aromatic carbocycles. The quantitative estimate of drug-likeness (QED) is 0.837. The van der Waals surface area contributed by atoms with Gasteiger partial charge >= 0.3 is 0 Å². The molecular formula is C21H30N2O5. The van der Waals surface area contributed by atoms with Crippen molar-refractivity contribution in [2.24, 2.45) is 0 Å². The summed E-state index contributed by atoms with van der Waals surface area (Å²) in [5.74, 6) is 0.354. The Morgan fingerprint density at radius 1 is 1.14 bits per heavy atom. The van der Waals surface area contributed by atoms with E-state index in [0.29, 0.717) is 17.1 Å². The summed E-state index contributed by atoms with van der Waals surface area (Å²) in [7, 11) is 3.04. The van der Waals surface area contributed by atoms with Crippen LogP contribution in [-0.4, -0.2) is 55.3 Å². The van der Waals surface area contributed by atoms with Crippen LogP contribution in [0.3, 0.4) is 0 Å². The van der Waals surface area contributed by atoms with Gasteiger partial charge in [-0.25, -0.2) is 0 Å². The van der Waals surface area contributed by atoms with E-state index in [4.69, 9.17) is 14.2 Å². The number of hydrogen-bond acceptors (Lipinski definition) is 5. The van der Waals surface area contributed by atoms with Gasteiger partial charge in [0.15, 0.2) is 0 Å². The molecule has 0 radical (unpaired) electrons. The molecule has 154 valence electrons. The van der Waals surface area contributed by atoms with Crippen LogP contribution in [0.15, 0.2) is 18.2 Å². The first-order valence-corrected chi connectivity index (χ1v) is 9.92. The van der Waals surface area contributed by atoms with Crippen LogP contribution >= 0.6 is 0 Å². The first-order valence-electron chi connectivity index (χ1n) is 9.92. The van der Waals surface area contributed by atoms with Crippen molar-refractivity contribution >= 4 is 11.8 Å². The third kappa shape index (κ3) is 3.68. The zero-order chi connectivity index (χ0) is 20.3. The van der Waals surface area contributed by atoms with Gasteiger partial charge in [0.2, 0.25) is 5.91 Å². The lowest BCUT2D eigenvalue weighted by Crippen LogP contribution is -2.57. The van der Waals surface area contributed by atoms with Crippen molar-refractivity contribution in [3.05, 3.63) is 23.8 Å². The Morgan fingerprint density at radius 3 is 2.29 bits per heavy atom. The molecule has 2 amide bonds. The summed E-state index contributed by atoms with van der Waals surface area (Å²) in [6.45, 7) is 4.00. The highest BCUT2D eigenvalue weighted by Gasteiger charge is 2.53. The van der Waals surface area contributed by atoms with Crippen LogP contribution in [0, 0.1) is 0 Å². The molecule has 0 bridgehead atoms. The number of benzene rings is 1. The minimum absolute atomic E-state index is 0.0202. The van der Waals surface area contributed by atoms with Gasteiger partial charge < -0.3 is 19.5 Å². The first kappa shape index (κ1) is 20.5. The van der Waals surface area contributed by atoms with Crippen molar-refractivity contribution < 1.29 is 23.8 Å². The summed E-state index contributed by atoms with van der Waals surface area (Å²) in [5.41, 5.74) is -0.425. The molecule has 28 heavy (non-hydrogen) atoms. The molecule has 1 aliphatic carbocycles. The Hall–Kier alpha value is -2.28. The molecule has 0 aromatic heterocycles. The fourth-order valence-electron chi connectivity index (χ4n) is 4.23. The molecule has 0 unspecified atom stereocenters. The SMILES string of the molecule is COc1cccc(OC)c1C(=O)N1[C@H](C(=O)NC(C)C)COC12CCCCC2. The summed E-state index contributed by atoms with van der Waals surface area (Å²) < 4.78 is 17.0. The maximum Gasteiger partial charge on any atom is 0.264 e. The lowest BCUT2D eigenvalue weighted by Gasteiger charge is -2.41. The Balaban J connectivity index is 2.04. The summed E-state index contributed by atoms with van der Waals surface area (Å²) in [4.78, 5) is 28.3. The summed E-state index contributed by atoms with van der Waals surface area (Å²) in [6.07, 6.45) is 4.48. The molecule has 7 nitrogen and oxygen atoms in total. The van der Waals surface area contributed by atoms with E-state index < -0.39 is 11.8 Å². The molecular weight excluding hydrogens is 360 g/mol. The fourth-order valence-corrected chi connectivity index (χ4v) is 4.23. The molecule has 7 heteroatoms. The minimum Gasteiger partial charge on any atom is -0.496 e. The topological polar surface area (TPSA) is 77.1 Å². The van der Waals surface area contributed by atoms with Gasteiger partial charge in [-0.2, -0.15) is 0 Å². The van der Waals surface area contributed by atoms with Gasteiger partial charge in [-0.05, 0) is 51.7 Å². The van der Waals surface area contributed by atoms with Crippen LogP contribution in [-0.2, 0) is 9.53 Å². The van der Waals surface area contributed by atoms with Gasteiger partial charge in [-0.1, -0.05) is 12.5 Å². The van der Waals surface area contributed by atoms with E-state index in [-0.39, 0.29) is 24.5 Å². The Morgan fingerprint density at radius 2 is 1.75 bits per heavy atom. The van der Waals surface area contributed by atoms with E-state index >= 15 is 0 Å². The average molecular weight is 390 g/mol. The van der Waals surface area contributed by atoms with Gasteiger partial charge in [0.1, 0.15) is 28.8 Å². The van der Waals surface area contributed by atoms with E-state index in [1.54, 1.807) is 23.1 Å². The molecule has 1 aliphatic heterocycles. The second kappa shape index (κ2) is 8.39. The highest BCUT2D eigenvalue weighted by Crippen LogP contribution is 2.43. The molecule has 1 saturated heterocycles. The van der Waals surface area contributed by atoms with E-state index in [9.17, 15) is 9.59 Å². The minimum atomic E-state index is -0.750. The lowest BCUT2D eigenvalue weighted by molar-refractivity contribution is -0.127. The van der Waals surface area contributed by atoms with E-state index in [1.807, 2.05) is 13.8 Å². The smallest absolute Gasteiger partial charge is 0.264 e. The standard InChI is InChI=1S/C21H30N2O5/c1-14(2)22-19(24)15-13-28-21(11-6-5-7-12-21)23(15)20(25)18-16(26-3)9-8-10-17(18)27-4/h8-10,14-15H,5-7,11-13H2,1-4H3,(H,22,24)/t15-/m0/s1. The van der Waals surface area contributed by atoms with Crippen molar-refractivity contribution in [1.82, 2.24) is 10.2 Å². The number of carbonyl (C=O) groups is 2. The molecule has 2 aliphatic rings. The van der Waals surface area contributed by atoms with Crippen molar-refractivity contribution in [2.75, 3.05) is 20.8 Å². The molecule has 1 aromatic rings. The van der Waals surface area contributed by atoms with Gasteiger partial charge in [0, 0.05) is 6.04 Å². The molecule has 1 heterocycles. The van der Waals surface area contributed by atoms with Crippen molar-refractivity contribution in [3.63, 3.8) is 0 Å². The zero-order valence-electron chi connectivity index (χ0n) is 17.1. The predicted molar refractivity (Wildman–Crippen MR) is 105 cm³/mol. The lowest BCUT2D eigenvalue weighted by atomic mass is 9.89. The monoisotopic (exact) mass is 390 g/mol. The van der Waals surface area contributed by atoms with Crippen molar-refractivity contribution in [1.29, 1.82) is 0 Å². The largest absolute Gasteiger partial charge is 0.496 e. The fraction of sp³-hybridized carbons (Fsp3) is 0.619. The number of nitrogens with one attached hydrogen (secondary N) is 1. The van der Waals surface area contributed by atoms with E-state index in [1.165, 1.54) is 14.2 Å². The number of carbonyl (C=O) groups excluding carboxylic acids is 2. The molecule has 2 fully saturated rings. The Kier molecular flexibility index (Phi) is 6.13. The number of ether oxygens (including phenoxy) is 3. The molecule has 1 saturated carbocycles. The normalized spacial score (nSPS) is 21.0. The number of nitrogens with zero attached hydrogens (tertiary/aromatic N) is 1.